The number of aromatic nitrogens is 4. The number of thioether (sulfide) groups is 1. The average Bonchev–Trinajstić information content (AvgIpc) is 3.21. The minimum absolute atomic E-state index is 0.00835. The standard InChI is InChI=1S/C21H19BrN4O2S/c1-2-3-12-26-20(27)15-9-5-7-11-17(15)23-21(26)29-13-18-24-25-19(28-18)14-8-4-6-10-16(14)22/h4-11H,2-3,12-13H2,1H3. The SMILES string of the molecule is CCCCn1c(SCc2nnc(-c3ccccc3Br)o2)nc2ccccc2c1=O. The Morgan fingerprint density at radius 2 is 1.90 bits per heavy atom. The molecule has 0 atom stereocenters. The summed E-state index contributed by atoms with van der Waals surface area (Å²) in [7, 11) is 0. The number of para-hydroxylation sites is 1. The highest BCUT2D eigenvalue weighted by molar-refractivity contribution is 9.10. The van der Waals surface area contributed by atoms with E-state index in [2.05, 4.69) is 33.1 Å². The molecular formula is C21H19BrN4O2S. The van der Waals surface area contributed by atoms with Gasteiger partial charge in [-0.25, -0.2) is 4.98 Å². The van der Waals surface area contributed by atoms with Crippen LogP contribution in [0.2, 0.25) is 0 Å². The summed E-state index contributed by atoms with van der Waals surface area (Å²) in [5, 5.41) is 9.61. The van der Waals surface area contributed by atoms with E-state index >= 15 is 0 Å². The fourth-order valence-electron chi connectivity index (χ4n) is 2.95. The predicted molar refractivity (Wildman–Crippen MR) is 118 cm³/mol. The van der Waals surface area contributed by atoms with E-state index < -0.39 is 0 Å². The molecule has 8 heteroatoms. The van der Waals surface area contributed by atoms with Gasteiger partial charge < -0.3 is 4.42 Å². The quantitative estimate of drug-likeness (QED) is 0.269. The van der Waals surface area contributed by atoms with Gasteiger partial charge in [0.1, 0.15) is 0 Å². The van der Waals surface area contributed by atoms with E-state index in [-0.39, 0.29) is 5.56 Å². The van der Waals surface area contributed by atoms with Crippen LogP contribution < -0.4 is 5.56 Å². The lowest BCUT2D eigenvalue weighted by Crippen LogP contribution is -2.23. The molecule has 2 heterocycles. The molecule has 0 saturated heterocycles. The van der Waals surface area contributed by atoms with E-state index in [1.807, 2.05) is 48.5 Å². The molecule has 2 aromatic carbocycles. The number of rotatable bonds is 7. The van der Waals surface area contributed by atoms with Crippen molar-refractivity contribution in [1.82, 2.24) is 19.7 Å². The molecule has 0 amide bonds. The van der Waals surface area contributed by atoms with Crippen molar-refractivity contribution < 1.29 is 4.42 Å². The van der Waals surface area contributed by atoms with Crippen LogP contribution in [0.25, 0.3) is 22.4 Å². The lowest BCUT2D eigenvalue weighted by molar-refractivity contribution is 0.526. The van der Waals surface area contributed by atoms with Gasteiger partial charge in [-0.05, 0) is 46.6 Å². The zero-order valence-corrected chi connectivity index (χ0v) is 18.2. The minimum Gasteiger partial charge on any atom is -0.420 e. The van der Waals surface area contributed by atoms with E-state index in [9.17, 15) is 4.79 Å². The summed E-state index contributed by atoms with van der Waals surface area (Å²) in [4.78, 5) is 17.7. The highest BCUT2D eigenvalue weighted by Crippen LogP contribution is 2.28. The van der Waals surface area contributed by atoms with Crippen LogP contribution in [0.5, 0.6) is 0 Å². The van der Waals surface area contributed by atoms with Crippen molar-refractivity contribution in [1.29, 1.82) is 0 Å². The number of fused-ring (bicyclic) bond motifs is 1. The molecule has 0 N–H and O–H groups in total. The summed E-state index contributed by atoms with van der Waals surface area (Å²) in [6, 6.07) is 15.1. The first kappa shape index (κ1) is 19.8. The Kier molecular flexibility index (Phi) is 6.10. The van der Waals surface area contributed by atoms with Crippen LogP contribution >= 0.6 is 27.7 Å². The first-order valence-corrected chi connectivity index (χ1v) is 11.1. The second kappa shape index (κ2) is 8.92. The predicted octanol–water partition coefficient (Wildman–Crippen LogP) is 5.30. The van der Waals surface area contributed by atoms with Crippen LogP contribution in [0.1, 0.15) is 25.7 Å². The van der Waals surface area contributed by atoms with Gasteiger partial charge in [0.2, 0.25) is 11.8 Å². The van der Waals surface area contributed by atoms with Gasteiger partial charge in [0.25, 0.3) is 5.56 Å². The Balaban J connectivity index is 1.61. The molecule has 29 heavy (non-hydrogen) atoms. The number of nitrogens with zero attached hydrogens (tertiary/aromatic N) is 4. The first-order chi connectivity index (χ1) is 14.2. The fourth-order valence-corrected chi connectivity index (χ4v) is 4.27. The van der Waals surface area contributed by atoms with E-state index in [0.717, 1.165) is 22.9 Å². The van der Waals surface area contributed by atoms with Crippen molar-refractivity contribution >= 4 is 38.6 Å². The smallest absolute Gasteiger partial charge is 0.262 e. The molecule has 4 rings (SSSR count). The van der Waals surface area contributed by atoms with Crippen LogP contribution in [0.15, 0.2) is 67.4 Å². The summed E-state index contributed by atoms with van der Waals surface area (Å²) >= 11 is 4.94. The lowest BCUT2D eigenvalue weighted by Gasteiger charge is -2.12. The zero-order chi connectivity index (χ0) is 20.2. The topological polar surface area (TPSA) is 73.8 Å². The van der Waals surface area contributed by atoms with Crippen LogP contribution in [-0.4, -0.2) is 19.7 Å². The lowest BCUT2D eigenvalue weighted by atomic mass is 10.2. The van der Waals surface area contributed by atoms with Gasteiger partial charge in [0.05, 0.1) is 22.2 Å². The molecule has 4 aromatic rings. The van der Waals surface area contributed by atoms with Crippen molar-refractivity contribution in [3.8, 4) is 11.5 Å². The number of halogens is 1. The molecule has 0 unspecified atom stereocenters. The highest BCUT2D eigenvalue weighted by Gasteiger charge is 2.15. The van der Waals surface area contributed by atoms with Gasteiger partial charge in [0, 0.05) is 11.0 Å². The van der Waals surface area contributed by atoms with E-state index in [1.165, 1.54) is 11.8 Å². The zero-order valence-electron chi connectivity index (χ0n) is 15.8. The second-order valence-electron chi connectivity index (χ2n) is 6.49. The Labute approximate surface area is 180 Å². The highest BCUT2D eigenvalue weighted by atomic mass is 79.9. The van der Waals surface area contributed by atoms with Crippen molar-refractivity contribution in [2.24, 2.45) is 0 Å². The molecule has 0 fully saturated rings. The van der Waals surface area contributed by atoms with Gasteiger partial charge in [0.15, 0.2) is 5.16 Å². The van der Waals surface area contributed by atoms with Gasteiger partial charge in [-0.1, -0.05) is 49.4 Å². The van der Waals surface area contributed by atoms with Gasteiger partial charge in [-0.15, -0.1) is 10.2 Å². The molecule has 0 spiro atoms. The number of unbranched alkanes of at least 4 members (excludes halogenated alkanes) is 1. The second-order valence-corrected chi connectivity index (χ2v) is 8.29. The molecule has 0 aliphatic heterocycles. The molecule has 148 valence electrons. The molecular weight excluding hydrogens is 452 g/mol. The monoisotopic (exact) mass is 470 g/mol. The van der Waals surface area contributed by atoms with Crippen molar-refractivity contribution in [3.63, 3.8) is 0 Å². The summed E-state index contributed by atoms with van der Waals surface area (Å²) in [6.07, 6.45) is 1.92. The molecule has 2 aromatic heterocycles. The number of hydrogen-bond donors (Lipinski definition) is 0. The van der Waals surface area contributed by atoms with Crippen LogP contribution in [0.3, 0.4) is 0 Å². The fraction of sp³-hybridized carbons (Fsp3) is 0.238. The maximum atomic E-state index is 12.9. The first-order valence-electron chi connectivity index (χ1n) is 9.37. The van der Waals surface area contributed by atoms with Crippen molar-refractivity contribution in [2.45, 2.75) is 37.2 Å². The van der Waals surface area contributed by atoms with Crippen LogP contribution in [0.4, 0.5) is 0 Å². The van der Waals surface area contributed by atoms with Crippen LogP contribution in [0, 0.1) is 0 Å². The molecule has 6 nitrogen and oxygen atoms in total. The Bertz CT molecular complexity index is 1200. The number of hydrogen-bond acceptors (Lipinski definition) is 6. The Hall–Kier alpha value is -2.45. The van der Waals surface area contributed by atoms with E-state index in [1.54, 1.807) is 4.57 Å². The van der Waals surface area contributed by atoms with Gasteiger partial charge in [-0.2, -0.15) is 0 Å². The van der Waals surface area contributed by atoms with Crippen LogP contribution in [-0.2, 0) is 12.3 Å². The van der Waals surface area contributed by atoms with E-state index in [4.69, 9.17) is 9.40 Å². The van der Waals surface area contributed by atoms with Crippen molar-refractivity contribution in [2.75, 3.05) is 0 Å². The molecule has 0 aliphatic carbocycles. The third kappa shape index (κ3) is 4.28. The summed E-state index contributed by atoms with van der Waals surface area (Å²) in [5.74, 6) is 1.39. The third-order valence-corrected chi connectivity index (χ3v) is 6.11. The molecule has 0 radical (unpaired) electrons. The third-order valence-electron chi connectivity index (χ3n) is 4.46. The van der Waals surface area contributed by atoms with Gasteiger partial charge >= 0.3 is 0 Å². The maximum Gasteiger partial charge on any atom is 0.262 e. The Morgan fingerprint density at radius 1 is 1.10 bits per heavy atom. The minimum atomic E-state index is -0.00835. The average molecular weight is 471 g/mol. The van der Waals surface area contributed by atoms with Gasteiger partial charge in [-0.3, -0.25) is 9.36 Å². The molecule has 0 saturated carbocycles. The normalized spacial score (nSPS) is 11.2. The molecule has 0 aliphatic rings. The maximum absolute atomic E-state index is 12.9. The summed E-state index contributed by atoms with van der Waals surface area (Å²) in [5.41, 5.74) is 1.54. The summed E-state index contributed by atoms with van der Waals surface area (Å²) < 4.78 is 8.47. The van der Waals surface area contributed by atoms with Crippen molar-refractivity contribution in [3.05, 3.63) is 69.2 Å². The summed E-state index contributed by atoms with van der Waals surface area (Å²) in [6.45, 7) is 2.75. The van der Waals surface area contributed by atoms with E-state index in [0.29, 0.717) is 40.1 Å². The number of benzene rings is 2. The largest absolute Gasteiger partial charge is 0.420 e. The Morgan fingerprint density at radius 3 is 2.72 bits per heavy atom. The molecule has 0 bridgehead atoms.